The molecule has 4 rings (SSSR count). The molecule has 4 heterocycles. The van der Waals surface area contributed by atoms with Crippen LogP contribution in [0.2, 0.25) is 0 Å². The van der Waals surface area contributed by atoms with Crippen LogP contribution in [0, 0.1) is 0 Å². The van der Waals surface area contributed by atoms with E-state index in [2.05, 4.69) is 27.0 Å². The molecule has 0 aromatic carbocycles. The zero-order valence-electron chi connectivity index (χ0n) is 18.7. The zero-order valence-corrected chi connectivity index (χ0v) is 18.7. The molecular formula is C23H34N6O2. The monoisotopic (exact) mass is 426 g/mol. The molecule has 1 atom stereocenters. The van der Waals surface area contributed by atoms with E-state index in [0.29, 0.717) is 31.4 Å². The van der Waals surface area contributed by atoms with Gasteiger partial charge in [-0.3, -0.25) is 24.3 Å². The van der Waals surface area contributed by atoms with Gasteiger partial charge in [-0.2, -0.15) is 5.10 Å². The Kier molecular flexibility index (Phi) is 7.32. The van der Waals surface area contributed by atoms with Crippen molar-refractivity contribution in [2.75, 3.05) is 39.9 Å². The predicted molar refractivity (Wildman–Crippen MR) is 119 cm³/mol. The van der Waals surface area contributed by atoms with Gasteiger partial charge in [0, 0.05) is 69.4 Å². The van der Waals surface area contributed by atoms with Crippen LogP contribution in [0.15, 0.2) is 24.5 Å². The van der Waals surface area contributed by atoms with Crippen LogP contribution in [0.4, 0.5) is 0 Å². The van der Waals surface area contributed by atoms with Crippen molar-refractivity contribution >= 4 is 5.91 Å². The molecule has 0 radical (unpaired) electrons. The van der Waals surface area contributed by atoms with Crippen molar-refractivity contribution in [2.45, 2.75) is 51.9 Å². The molecule has 0 bridgehead atoms. The third kappa shape index (κ3) is 5.14. The average Bonchev–Trinajstić information content (AvgIpc) is 3.40. The molecule has 2 aromatic heterocycles. The Bertz CT molecular complexity index is 868. The number of aromatic nitrogens is 3. The van der Waals surface area contributed by atoms with Crippen molar-refractivity contribution in [3.05, 3.63) is 47.0 Å². The van der Waals surface area contributed by atoms with E-state index < -0.39 is 0 Å². The summed E-state index contributed by atoms with van der Waals surface area (Å²) in [6.07, 6.45) is 6.90. The molecule has 2 aromatic rings. The van der Waals surface area contributed by atoms with Gasteiger partial charge in [-0.1, -0.05) is 6.92 Å². The molecule has 1 unspecified atom stereocenters. The van der Waals surface area contributed by atoms with Crippen molar-refractivity contribution in [2.24, 2.45) is 0 Å². The number of nitrogens with zero attached hydrogens (tertiary/aromatic N) is 5. The number of carbonyl (C=O) groups excluding carboxylic acids is 1. The molecule has 31 heavy (non-hydrogen) atoms. The quantitative estimate of drug-likeness (QED) is 0.658. The van der Waals surface area contributed by atoms with Crippen molar-refractivity contribution in [3.8, 4) is 0 Å². The van der Waals surface area contributed by atoms with E-state index in [1.807, 2.05) is 29.2 Å². The fraction of sp³-hybridized carbons (Fsp3) is 0.609. The fourth-order valence-corrected chi connectivity index (χ4v) is 4.81. The number of rotatable bonds is 9. The standard InChI is InChI=1S/C23H34N6O2/c1-3-28-11-4-5-19(28)15-25-23(30)22-20-17-27(16-18-6-9-24-10-7-18)12-8-21(20)29(26-22)13-14-31-2/h6-7,9-10,19H,3-5,8,11-17H2,1-2H3,(H,25,30). The highest BCUT2D eigenvalue weighted by molar-refractivity contribution is 5.94. The van der Waals surface area contributed by atoms with Crippen molar-refractivity contribution in [1.29, 1.82) is 0 Å². The summed E-state index contributed by atoms with van der Waals surface area (Å²) in [6, 6.07) is 4.53. The molecule has 0 aliphatic carbocycles. The first kappa shape index (κ1) is 21.9. The van der Waals surface area contributed by atoms with Crippen LogP contribution in [-0.4, -0.2) is 76.4 Å². The van der Waals surface area contributed by atoms with Crippen LogP contribution >= 0.6 is 0 Å². The van der Waals surface area contributed by atoms with Gasteiger partial charge in [0.25, 0.3) is 5.91 Å². The summed E-state index contributed by atoms with van der Waals surface area (Å²) in [5, 5.41) is 7.90. The first-order valence-corrected chi connectivity index (χ1v) is 11.4. The first-order chi connectivity index (χ1) is 15.2. The Morgan fingerprint density at radius 2 is 2.13 bits per heavy atom. The van der Waals surface area contributed by atoms with Gasteiger partial charge in [-0.15, -0.1) is 0 Å². The van der Waals surface area contributed by atoms with E-state index in [0.717, 1.165) is 51.1 Å². The van der Waals surface area contributed by atoms with Crippen LogP contribution < -0.4 is 5.32 Å². The maximum atomic E-state index is 13.2. The summed E-state index contributed by atoms with van der Waals surface area (Å²) in [4.78, 5) is 22.1. The molecule has 1 fully saturated rings. The Morgan fingerprint density at radius 3 is 2.90 bits per heavy atom. The normalized spacial score (nSPS) is 19.5. The minimum atomic E-state index is -0.0545. The molecule has 0 spiro atoms. The highest BCUT2D eigenvalue weighted by Gasteiger charge is 2.29. The van der Waals surface area contributed by atoms with E-state index >= 15 is 0 Å². The van der Waals surface area contributed by atoms with E-state index in [9.17, 15) is 4.79 Å². The van der Waals surface area contributed by atoms with Gasteiger partial charge in [-0.25, -0.2) is 0 Å². The second kappa shape index (κ2) is 10.3. The van der Waals surface area contributed by atoms with Gasteiger partial charge < -0.3 is 10.1 Å². The lowest BCUT2D eigenvalue weighted by Crippen LogP contribution is -2.40. The van der Waals surface area contributed by atoms with Crippen molar-refractivity contribution < 1.29 is 9.53 Å². The molecule has 8 heteroatoms. The topological polar surface area (TPSA) is 75.5 Å². The number of likely N-dealkylation sites (N-methyl/N-ethyl adjacent to an activating group) is 1. The zero-order chi connectivity index (χ0) is 21.6. The predicted octanol–water partition coefficient (Wildman–Crippen LogP) is 1.70. The minimum Gasteiger partial charge on any atom is -0.383 e. The molecule has 1 saturated heterocycles. The Morgan fingerprint density at radius 1 is 1.29 bits per heavy atom. The van der Waals surface area contributed by atoms with E-state index in [1.54, 1.807) is 7.11 Å². The molecule has 1 N–H and O–H groups in total. The van der Waals surface area contributed by atoms with Crippen molar-refractivity contribution in [1.82, 2.24) is 29.9 Å². The molecule has 2 aliphatic rings. The summed E-state index contributed by atoms with van der Waals surface area (Å²) >= 11 is 0. The van der Waals surface area contributed by atoms with Gasteiger partial charge >= 0.3 is 0 Å². The summed E-state index contributed by atoms with van der Waals surface area (Å²) in [7, 11) is 1.70. The van der Waals surface area contributed by atoms with Crippen molar-refractivity contribution in [3.63, 3.8) is 0 Å². The summed E-state index contributed by atoms with van der Waals surface area (Å²) in [5.74, 6) is -0.0545. The number of amides is 1. The van der Waals surface area contributed by atoms with E-state index in [-0.39, 0.29) is 5.91 Å². The van der Waals surface area contributed by atoms with Crippen LogP contribution in [0.1, 0.15) is 47.1 Å². The largest absolute Gasteiger partial charge is 0.383 e. The summed E-state index contributed by atoms with van der Waals surface area (Å²) in [6.45, 7) is 8.82. The van der Waals surface area contributed by atoms with Gasteiger partial charge in [0.2, 0.25) is 0 Å². The smallest absolute Gasteiger partial charge is 0.272 e. The maximum absolute atomic E-state index is 13.2. The van der Waals surface area contributed by atoms with Gasteiger partial charge in [-0.05, 0) is 43.6 Å². The highest BCUT2D eigenvalue weighted by atomic mass is 16.5. The van der Waals surface area contributed by atoms with Gasteiger partial charge in [0.15, 0.2) is 5.69 Å². The SMILES string of the molecule is CCN1CCCC1CNC(=O)c1nn(CCOC)c2c1CN(Cc1ccncc1)CC2. The number of likely N-dealkylation sites (tertiary alicyclic amines) is 1. The number of carbonyl (C=O) groups is 1. The molecule has 0 saturated carbocycles. The van der Waals surface area contributed by atoms with Crippen LogP contribution in [0.25, 0.3) is 0 Å². The highest BCUT2D eigenvalue weighted by Crippen LogP contribution is 2.24. The number of methoxy groups -OCH3 is 1. The fourth-order valence-electron chi connectivity index (χ4n) is 4.81. The molecule has 1 amide bonds. The number of nitrogens with one attached hydrogen (secondary N) is 1. The number of pyridine rings is 1. The van der Waals surface area contributed by atoms with Crippen LogP contribution in [0.5, 0.6) is 0 Å². The Labute approximate surface area is 184 Å². The average molecular weight is 427 g/mol. The number of ether oxygens (including phenoxy) is 1. The lowest BCUT2D eigenvalue weighted by Gasteiger charge is -2.28. The number of fused-ring (bicyclic) bond motifs is 1. The number of hydrogen-bond acceptors (Lipinski definition) is 6. The maximum Gasteiger partial charge on any atom is 0.272 e. The first-order valence-electron chi connectivity index (χ1n) is 11.4. The van der Waals surface area contributed by atoms with Crippen LogP contribution in [-0.2, 0) is 30.8 Å². The Hall–Kier alpha value is -2.29. The molecular weight excluding hydrogens is 392 g/mol. The summed E-state index contributed by atoms with van der Waals surface area (Å²) < 4.78 is 7.24. The second-order valence-corrected chi connectivity index (χ2v) is 8.44. The van der Waals surface area contributed by atoms with Crippen LogP contribution in [0.3, 0.4) is 0 Å². The number of hydrogen-bond donors (Lipinski definition) is 1. The van der Waals surface area contributed by atoms with Gasteiger partial charge in [0.05, 0.1) is 13.2 Å². The Balaban J connectivity index is 1.49. The summed E-state index contributed by atoms with van der Waals surface area (Å²) in [5.41, 5.74) is 4.04. The third-order valence-corrected chi connectivity index (χ3v) is 6.49. The minimum absolute atomic E-state index is 0.0545. The molecule has 2 aliphatic heterocycles. The lowest BCUT2D eigenvalue weighted by atomic mass is 10.0. The van der Waals surface area contributed by atoms with Gasteiger partial charge in [0.1, 0.15) is 0 Å². The second-order valence-electron chi connectivity index (χ2n) is 8.44. The van der Waals surface area contributed by atoms with E-state index in [1.165, 1.54) is 17.7 Å². The van der Waals surface area contributed by atoms with E-state index in [4.69, 9.17) is 9.84 Å². The molecule has 168 valence electrons. The third-order valence-electron chi connectivity index (χ3n) is 6.49. The lowest BCUT2D eigenvalue weighted by molar-refractivity contribution is 0.0932. The molecule has 8 nitrogen and oxygen atoms in total.